The van der Waals surface area contributed by atoms with E-state index in [1.165, 1.54) is 7.11 Å². The maximum Gasteiger partial charge on any atom is 0.255 e. The first-order chi connectivity index (χ1) is 13.5. The highest BCUT2D eigenvalue weighted by Crippen LogP contribution is 2.25. The monoisotopic (exact) mass is 394 g/mol. The van der Waals surface area contributed by atoms with E-state index in [9.17, 15) is 9.59 Å². The number of carbonyl (C=O) groups is 2. The predicted molar refractivity (Wildman–Crippen MR) is 112 cm³/mol. The van der Waals surface area contributed by atoms with Gasteiger partial charge in [0, 0.05) is 22.5 Å². The van der Waals surface area contributed by atoms with Crippen molar-refractivity contribution in [2.45, 2.75) is 6.92 Å². The van der Waals surface area contributed by atoms with Crippen molar-refractivity contribution in [1.82, 2.24) is 0 Å². The Kier molecular flexibility index (Phi) is 5.96. The third kappa shape index (κ3) is 4.69. The predicted octanol–water partition coefficient (Wildman–Crippen LogP) is 5.16. The number of benzene rings is 3. The summed E-state index contributed by atoms with van der Waals surface area (Å²) in [5.41, 5.74) is 3.12. The second kappa shape index (κ2) is 8.59. The number of carbonyl (C=O) groups excluding carboxylic acids is 2. The largest absolute Gasteiger partial charge is 0.495 e. The van der Waals surface area contributed by atoms with Crippen LogP contribution in [0.15, 0.2) is 66.7 Å². The highest BCUT2D eigenvalue weighted by molar-refractivity contribution is 6.32. The zero-order valence-electron chi connectivity index (χ0n) is 15.5. The third-order valence-corrected chi connectivity index (χ3v) is 4.37. The maximum atomic E-state index is 12.5. The van der Waals surface area contributed by atoms with Crippen LogP contribution >= 0.6 is 11.6 Å². The van der Waals surface area contributed by atoms with Gasteiger partial charge in [0.15, 0.2) is 0 Å². The first kappa shape index (κ1) is 19.5. The summed E-state index contributed by atoms with van der Waals surface area (Å²) in [5, 5.41) is 5.99. The normalized spacial score (nSPS) is 10.2. The molecule has 3 rings (SSSR count). The summed E-state index contributed by atoms with van der Waals surface area (Å²) in [7, 11) is 1.51. The average molecular weight is 395 g/mol. The van der Waals surface area contributed by atoms with Crippen LogP contribution in [-0.4, -0.2) is 18.9 Å². The lowest BCUT2D eigenvalue weighted by atomic mass is 10.1. The molecule has 5 nitrogen and oxygen atoms in total. The number of amides is 2. The van der Waals surface area contributed by atoms with E-state index >= 15 is 0 Å². The van der Waals surface area contributed by atoms with Crippen LogP contribution in [0.5, 0.6) is 5.75 Å². The van der Waals surface area contributed by atoms with Crippen LogP contribution in [0.2, 0.25) is 5.02 Å². The van der Waals surface area contributed by atoms with Crippen molar-refractivity contribution in [3.63, 3.8) is 0 Å². The van der Waals surface area contributed by atoms with Gasteiger partial charge >= 0.3 is 0 Å². The molecule has 3 aromatic carbocycles. The quantitative estimate of drug-likeness (QED) is 0.628. The number of ether oxygens (including phenoxy) is 1. The van der Waals surface area contributed by atoms with Crippen molar-refractivity contribution in [3.8, 4) is 5.75 Å². The number of hydrogen-bond acceptors (Lipinski definition) is 3. The lowest BCUT2D eigenvalue weighted by molar-refractivity contribution is 0.101. The number of hydrogen-bond donors (Lipinski definition) is 2. The summed E-state index contributed by atoms with van der Waals surface area (Å²) in [6, 6.07) is 19.1. The molecule has 0 saturated carbocycles. The highest BCUT2D eigenvalue weighted by atomic mass is 35.5. The number of anilines is 2. The zero-order chi connectivity index (χ0) is 20.1. The van der Waals surface area contributed by atoms with Crippen molar-refractivity contribution < 1.29 is 14.3 Å². The first-order valence-corrected chi connectivity index (χ1v) is 8.97. The Bertz CT molecular complexity index is 1030. The molecule has 0 fully saturated rings. The van der Waals surface area contributed by atoms with Crippen LogP contribution in [0.4, 0.5) is 11.4 Å². The number of halogens is 1. The van der Waals surface area contributed by atoms with E-state index < -0.39 is 0 Å². The fraction of sp³-hybridized carbons (Fsp3) is 0.0909. The van der Waals surface area contributed by atoms with Crippen molar-refractivity contribution in [1.29, 1.82) is 0 Å². The molecule has 0 atom stereocenters. The average Bonchev–Trinajstić information content (AvgIpc) is 2.68. The molecule has 0 bridgehead atoms. The molecule has 2 N–H and O–H groups in total. The van der Waals surface area contributed by atoms with Gasteiger partial charge in [0.2, 0.25) is 0 Å². The van der Waals surface area contributed by atoms with Gasteiger partial charge in [0.25, 0.3) is 11.8 Å². The Balaban J connectivity index is 1.71. The molecule has 0 aliphatic heterocycles. The highest BCUT2D eigenvalue weighted by Gasteiger charge is 2.11. The van der Waals surface area contributed by atoms with Crippen LogP contribution in [0.3, 0.4) is 0 Å². The molecular weight excluding hydrogens is 376 g/mol. The van der Waals surface area contributed by atoms with Gasteiger partial charge in [0.05, 0.1) is 12.1 Å². The van der Waals surface area contributed by atoms with Crippen molar-refractivity contribution in [2.75, 3.05) is 17.7 Å². The Morgan fingerprint density at radius 3 is 2.00 bits per heavy atom. The number of rotatable bonds is 5. The number of methoxy groups -OCH3 is 1. The lowest BCUT2D eigenvalue weighted by Crippen LogP contribution is -2.14. The van der Waals surface area contributed by atoms with E-state index in [2.05, 4.69) is 10.6 Å². The Morgan fingerprint density at radius 1 is 0.821 bits per heavy atom. The summed E-state index contributed by atoms with van der Waals surface area (Å²) in [6.45, 7) is 1.93. The molecule has 0 aliphatic carbocycles. The van der Waals surface area contributed by atoms with Crippen LogP contribution < -0.4 is 15.4 Å². The maximum absolute atomic E-state index is 12.5. The van der Waals surface area contributed by atoms with Gasteiger partial charge < -0.3 is 15.4 Å². The van der Waals surface area contributed by atoms with Gasteiger partial charge in [-0.3, -0.25) is 9.59 Å². The van der Waals surface area contributed by atoms with Gasteiger partial charge in [-0.05, 0) is 55.5 Å². The molecule has 6 heteroatoms. The molecule has 0 aliphatic rings. The molecule has 3 aromatic rings. The minimum atomic E-state index is -0.313. The SMILES string of the molecule is COc1ccc(C(=O)Nc2cccc(NC(=O)c3cccc(C)c3)c2)cc1Cl. The lowest BCUT2D eigenvalue weighted by Gasteiger charge is -2.10. The molecule has 0 radical (unpaired) electrons. The van der Waals surface area contributed by atoms with E-state index in [1.807, 2.05) is 25.1 Å². The molecule has 28 heavy (non-hydrogen) atoms. The molecule has 0 heterocycles. The van der Waals surface area contributed by atoms with Crippen LogP contribution in [0, 0.1) is 6.92 Å². The summed E-state index contributed by atoms with van der Waals surface area (Å²) in [6.07, 6.45) is 0. The minimum absolute atomic E-state index is 0.214. The molecule has 2 amide bonds. The van der Waals surface area contributed by atoms with E-state index in [-0.39, 0.29) is 11.8 Å². The summed E-state index contributed by atoms with van der Waals surface area (Å²) >= 11 is 6.08. The van der Waals surface area contributed by atoms with Crippen molar-refractivity contribution in [3.05, 3.63) is 88.4 Å². The van der Waals surface area contributed by atoms with Gasteiger partial charge in [-0.2, -0.15) is 0 Å². The first-order valence-electron chi connectivity index (χ1n) is 8.59. The molecular formula is C22H19ClN2O3. The van der Waals surface area contributed by atoms with Crippen molar-refractivity contribution >= 4 is 34.8 Å². The summed E-state index contributed by atoms with van der Waals surface area (Å²) in [4.78, 5) is 24.9. The summed E-state index contributed by atoms with van der Waals surface area (Å²) in [5.74, 6) is -0.0279. The topological polar surface area (TPSA) is 67.4 Å². The summed E-state index contributed by atoms with van der Waals surface area (Å²) < 4.78 is 5.09. The van der Waals surface area contributed by atoms with E-state index in [4.69, 9.17) is 16.3 Å². The van der Waals surface area contributed by atoms with Crippen LogP contribution in [0.25, 0.3) is 0 Å². The van der Waals surface area contributed by atoms with Crippen LogP contribution in [0.1, 0.15) is 26.3 Å². The van der Waals surface area contributed by atoms with E-state index in [1.54, 1.807) is 48.5 Å². The van der Waals surface area contributed by atoms with Gasteiger partial charge in [0.1, 0.15) is 5.75 Å². The second-order valence-corrected chi connectivity index (χ2v) is 6.62. The molecule has 0 saturated heterocycles. The standard InChI is InChI=1S/C22H19ClN2O3/c1-14-5-3-6-15(11-14)21(26)24-17-7-4-8-18(13-17)25-22(27)16-9-10-20(28-2)19(23)12-16/h3-13H,1-2H3,(H,24,26)(H,25,27). The van der Waals surface area contributed by atoms with Crippen molar-refractivity contribution in [2.24, 2.45) is 0 Å². The molecule has 0 spiro atoms. The molecule has 0 aromatic heterocycles. The second-order valence-electron chi connectivity index (χ2n) is 6.21. The smallest absolute Gasteiger partial charge is 0.255 e. The third-order valence-electron chi connectivity index (χ3n) is 4.07. The molecule has 0 unspecified atom stereocenters. The number of aryl methyl sites for hydroxylation is 1. The Morgan fingerprint density at radius 2 is 1.43 bits per heavy atom. The van der Waals surface area contributed by atoms with Gasteiger partial charge in [-0.15, -0.1) is 0 Å². The zero-order valence-corrected chi connectivity index (χ0v) is 16.2. The Labute approximate surface area is 168 Å². The number of nitrogens with one attached hydrogen (secondary N) is 2. The fourth-order valence-corrected chi connectivity index (χ4v) is 2.93. The van der Waals surface area contributed by atoms with Gasteiger partial charge in [-0.1, -0.05) is 35.4 Å². The molecule has 142 valence electrons. The van der Waals surface area contributed by atoms with Gasteiger partial charge in [-0.25, -0.2) is 0 Å². The van der Waals surface area contributed by atoms with E-state index in [0.29, 0.717) is 33.3 Å². The Hall–Kier alpha value is -3.31. The van der Waals surface area contributed by atoms with Crippen LogP contribution in [-0.2, 0) is 0 Å². The minimum Gasteiger partial charge on any atom is -0.495 e. The fourth-order valence-electron chi connectivity index (χ4n) is 2.68. The van der Waals surface area contributed by atoms with E-state index in [0.717, 1.165) is 5.56 Å².